The van der Waals surface area contributed by atoms with Crippen molar-refractivity contribution in [1.82, 2.24) is 0 Å². The van der Waals surface area contributed by atoms with Gasteiger partial charge < -0.3 is 9.47 Å². The summed E-state index contributed by atoms with van der Waals surface area (Å²) in [7, 11) is 9.53. The van der Waals surface area contributed by atoms with E-state index >= 15 is 0 Å². The molecule has 0 bridgehead atoms. The third-order valence-corrected chi connectivity index (χ3v) is 2.59. The van der Waals surface area contributed by atoms with Crippen LogP contribution in [0.15, 0.2) is 26.8 Å². The fourth-order valence-electron chi connectivity index (χ4n) is 1.59. The first-order chi connectivity index (χ1) is 11.4. The zero-order valence-electron chi connectivity index (χ0n) is 13.8. The quantitative estimate of drug-likeness (QED) is 0.501. The molecular weight excluding hydrogens is 401 g/mol. The van der Waals surface area contributed by atoms with Gasteiger partial charge in [0.15, 0.2) is 0 Å². The Morgan fingerprint density at radius 2 is 1.58 bits per heavy atom. The Hall–Kier alpha value is -1.21. The van der Waals surface area contributed by atoms with Crippen LogP contribution in [0.4, 0.5) is 9.59 Å². The number of carbonyl (C=O) groups excluding carboxylic acids is 2. The second-order valence-corrected chi connectivity index (χ2v) is 6.02. The van der Waals surface area contributed by atoms with E-state index in [0.29, 0.717) is 29.3 Å². The van der Waals surface area contributed by atoms with Gasteiger partial charge in [0, 0.05) is 6.42 Å². The summed E-state index contributed by atoms with van der Waals surface area (Å²) in [6, 6.07) is 0. The number of carbonyl (C=O) groups is 2. The Balaban J connectivity index is 0.00000163. The van der Waals surface area contributed by atoms with Gasteiger partial charge in [-0.25, -0.2) is 14.6 Å². The number of allylic oxidation sites excluding steroid dienone is 2. The van der Waals surface area contributed by atoms with E-state index in [9.17, 15) is 9.59 Å². The standard InChI is InChI=1S/C14H19N3O4.2ClH.Fe/c1-5-20-13(18)15-9(3)11-7-8-12(17-11)10(4)16-14(19)21-6-2;;;/h7H,5-6,8H2,1-4H3;2*1H;/q;;;+2/p-2/b15-9+,16-10+;;;. The van der Waals surface area contributed by atoms with Crippen LogP contribution in [-0.2, 0) is 22.6 Å². The van der Waals surface area contributed by atoms with E-state index in [1.54, 1.807) is 27.7 Å². The Morgan fingerprint density at radius 1 is 1.12 bits per heavy atom. The monoisotopic (exact) mass is 419 g/mol. The van der Waals surface area contributed by atoms with E-state index in [2.05, 4.69) is 15.0 Å². The summed E-state index contributed by atoms with van der Waals surface area (Å²) >= 11 is 0.194. The van der Waals surface area contributed by atoms with E-state index < -0.39 is 12.2 Å². The molecule has 0 unspecified atom stereocenters. The van der Waals surface area contributed by atoms with Gasteiger partial charge in [-0.05, 0) is 27.7 Å². The van der Waals surface area contributed by atoms with E-state index in [4.69, 9.17) is 29.7 Å². The van der Waals surface area contributed by atoms with Crippen LogP contribution < -0.4 is 0 Å². The van der Waals surface area contributed by atoms with Crippen LogP contribution in [0.5, 0.6) is 0 Å². The van der Waals surface area contributed by atoms with Crippen molar-refractivity contribution in [3.63, 3.8) is 0 Å². The molecule has 1 rings (SSSR count). The molecule has 0 saturated carbocycles. The maximum atomic E-state index is 11.3. The summed E-state index contributed by atoms with van der Waals surface area (Å²) in [5.41, 5.74) is 2.18. The minimum atomic E-state index is -0.642. The number of halogens is 2. The molecule has 1 heterocycles. The number of amides is 2. The first kappa shape index (κ1) is 22.8. The predicted octanol–water partition coefficient (Wildman–Crippen LogP) is 4.33. The van der Waals surface area contributed by atoms with Gasteiger partial charge in [0.1, 0.15) is 0 Å². The van der Waals surface area contributed by atoms with Gasteiger partial charge in [0.2, 0.25) is 0 Å². The number of rotatable bonds is 4. The molecular formula is C14H19Cl2FeN3O4. The Bertz CT molecular complexity index is 574. The van der Waals surface area contributed by atoms with E-state index in [1.165, 1.54) is 0 Å². The summed E-state index contributed by atoms with van der Waals surface area (Å²) in [6.45, 7) is 7.33. The van der Waals surface area contributed by atoms with Gasteiger partial charge in [-0.3, -0.25) is 0 Å². The first-order valence-electron chi connectivity index (χ1n) is 6.97. The number of ether oxygens (including phenoxy) is 2. The van der Waals surface area contributed by atoms with Gasteiger partial charge >= 0.3 is 45.5 Å². The maximum absolute atomic E-state index is 11.3. The number of aliphatic imine (C=N–C) groups is 3. The molecule has 0 fully saturated rings. The number of hydrogen-bond donors (Lipinski definition) is 0. The fourth-order valence-corrected chi connectivity index (χ4v) is 1.59. The molecule has 136 valence electrons. The van der Waals surface area contributed by atoms with E-state index in [0.717, 1.165) is 0 Å². The predicted molar refractivity (Wildman–Crippen MR) is 92.1 cm³/mol. The van der Waals surface area contributed by atoms with Gasteiger partial charge in [0.25, 0.3) is 0 Å². The van der Waals surface area contributed by atoms with Crippen molar-refractivity contribution < 1.29 is 32.2 Å². The zero-order chi connectivity index (χ0) is 18.5. The third kappa shape index (κ3) is 9.17. The first-order valence-corrected chi connectivity index (χ1v) is 10.0. The molecule has 1 aliphatic rings. The Labute approximate surface area is 155 Å². The van der Waals surface area contributed by atoms with Crippen LogP contribution in [0, 0.1) is 0 Å². The SMILES string of the molecule is CCOC(=O)/N=C(\C)C1=CCC(/C(C)=N/C(=O)OCC)=N1.[Cl][Fe][Cl]. The Morgan fingerprint density at radius 3 is 2.04 bits per heavy atom. The zero-order valence-corrected chi connectivity index (χ0v) is 16.4. The molecule has 0 aromatic carbocycles. The van der Waals surface area contributed by atoms with Crippen molar-refractivity contribution in [2.75, 3.05) is 13.2 Å². The fraction of sp³-hybridized carbons (Fsp3) is 0.500. The van der Waals surface area contributed by atoms with Crippen LogP contribution in [0.1, 0.15) is 34.1 Å². The Kier molecular flexibility index (Phi) is 12.5. The molecule has 0 radical (unpaired) electrons. The molecule has 0 atom stereocenters. The molecule has 0 spiro atoms. The average molecular weight is 420 g/mol. The molecule has 1 aliphatic heterocycles. The molecule has 24 heavy (non-hydrogen) atoms. The molecule has 2 amide bonds. The van der Waals surface area contributed by atoms with E-state index in [-0.39, 0.29) is 26.3 Å². The topological polar surface area (TPSA) is 89.7 Å². The molecule has 0 N–H and O–H groups in total. The average Bonchev–Trinajstić information content (AvgIpc) is 2.98. The third-order valence-electron chi connectivity index (χ3n) is 2.59. The van der Waals surface area contributed by atoms with Crippen LogP contribution in [0.2, 0.25) is 0 Å². The van der Waals surface area contributed by atoms with Crippen LogP contribution >= 0.6 is 20.2 Å². The van der Waals surface area contributed by atoms with Crippen molar-refractivity contribution in [2.24, 2.45) is 15.0 Å². The van der Waals surface area contributed by atoms with E-state index in [1.807, 2.05) is 6.08 Å². The van der Waals surface area contributed by atoms with Crippen molar-refractivity contribution in [3.05, 3.63) is 11.8 Å². The van der Waals surface area contributed by atoms with Crippen LogP contribution in [-0.4, -0.2) is 42.5 Å². The molecule has 10 heteroatoms. The number of hydrogen-bond acceptors (Lipinski definition) is 5. The van der Waals surface area contributed by atoms with Crippen molar-refractivity contribution in [2.45, 2.75) is 34.1 Å². The second-order valence-electron chi connectivity index (χ2n) is 4.19. The normalized spacial score (nSPS) is 14.4. The van der Waals surface area contributed by atoms with Gasteiger partial charge in [-0.15, -0.1) is 0 Å². The summed E-state index contributed by atoms with van der Waals surface area (Å²) in [5, 5.41) is 0. The van der Waals surface area contributed by atoms with Gasteiger partial charge in [0.05, 0.1) is 36.0 Å². The molecule has 0 aliphatic carbocycles. The second kappa shape index (κ2) is 13.1. The number of nitrogens with zero attached hydrogens (tertiary/aromatic N) is 3. The van der Waals surface area contributed by atoms with Crippen molar-refractivity contribution >= 4 is 49.5 Å². The summed E-state index contributed by atoms with van der Waals surface area (Å²) < 4.78 is 9.48. The summed E-state index contributed by atoms with van der Waals surface area (Å²) in [6.07, 6.45) is 1.07. The molecule has 0 saturated heterocycles. The summed E-state index contributed by atoms with van der Waals surface area (Å²) in [5.74, 6) is 0. The van der Waals surface area contributed by atoms with Crippen LogP contribution in [0.3, 0.4) is 0 Å². The van der Waals surface area contributed by atoms with Gasteiger partial charge in [-0.2, -0.15) is 9.98 Å². The summed E-state index contributed by atoms with van der Waals surface area (Å²) in [4.78, 5) is 34.4. The van der Waals surface area contributed by atoms with Gasteiger partial charge in [-0.1, -0.05) is 6.08 Å². The van der Waals surface area contributed by atoms with Crippen LogP contribution in [0.25, 0.3) is 0 Å². The molecule has 0 aromatic heterocycles. The molecule has 7 nitrogen and oxygen atoms in total. The molecule has 0 aromatic rings. The van der Waals surface area contributed by atoms with Crippen molar-refractivity contribution in [1.29, 1.82) is 0 Å². The van der Waals surface area contributed by atoms with Crippen molar-refractivity contribution in [3.8, 4) is 0 Å². The minimum absolute atomic E-state index is 0.194.